The van der Waals surface area contributed by atoms with Crippen molar-refractivity contribution in [2.45, 2.75) is 19.5 Å². The highest BCUT2D eigenvalue weighted by Gasteiger charge is 2.30. The molecule has 1 aliphatic rings. The van der Waals surface area contributed by atoms with Crippen LogP contribution >= 0.6 is 0 Å². The highest BCUT2D eigenvalue weighted by molar-refractivity contribution is 5.40. The summed E-state index contributed by atoms with van der Waals surface area (Å²) < 4.78 is 16.4. The molecule has 0 amide bonds. The van der Waals surface area contributed by atoms with Gasteiger partial charge in [0.25, 0.3) is 0 Å². The first kappa shape index (κ1) is 15.3. The first-order valence-electron chi connectivity index (χ1n) is 7.30. The summed E-state index contributed by atoms with van der Waals surface area (Å²) >= 11 is 0. The van der Waals surface area contributed by atoms with Gasteiger partial charge in [-0.1, -0.05) is 6.07 Å². The Morgan fingerprint density at radius 1 is 1.17 bits per heavy atom. The van der Waals surface area contributed by atoms with E-state index >= 15 is 0 Å². The van der Waals surface area contributed by atoms with Gasteiger partial charge in [-0.15, -0.1) is 5.06 Å². The number of rotatable bonds is 5. The van der Waals surface area contributed by atoms with Crippen LogP contribution in [-0.4, -0.2) is 19.3 Å². The number of nitrogens with two attached hydrogens (primary N) is 1. The van der Waals surface area contributed by atoms with E-state index in [0.717, 1.165) is 28.6 Å². The van der Waals surface area contributed by atoms with Crippen LogP contribution in [0.15, 0.2) is 46.7 Å². The van der Waals surface area contributed by atoms with E-state index in [1.807, 2.05) is 43.3 Å². The van der Waals surface area contributed by atoms with E-state index in [1.165, 1.54) is 0 Å². The second-order valence-electron chi connectivity index (χ2n) is 5.31. The Morgan fingerprint density at radius 3 is 2.65 bits per heavy atom. The Morgan fingerprint density at radius 2 is 2.00 bits per heavy atom. The van der Waals surface area contributed by atoms with Gasteiger partial charge in [0.05, 0.1) is 20.8 Å². The summed E-state index contributed by atoms with van der Waals surface area (Å²) in [6.07, 6.45) is 1.83. The zero-order chi connectivity index (χ0) is 16.4. The van der Waals surface area contributed by atoms with Gasteiger partial charge < -0.3 is 24.5 Å². The molecule has 122 valence electrons. The predicted octanol–water partition coefficient (Wildman–Crippen LogP) is 2.89. The minimum atomic E-state index is -0.171. The fraction of sp³-hybridized carbons (Fsp3) is 0.294. The third-order valence-electron chi connectivity index (χ3n) is 3.73. The quantitative estimate of drug-likeness (QED) is 0.914. The molecule has 1 aromatic carbocycles. The lowest BCUT2D eigenvalue weighted by atomic mass is 10.1. The van der Waals surface area contributed by atoms with Gasteiger partial charge in [0.1, 0.15) is 29.1 Å². The molecule has 2 N–H and O–H groups in total. The maximum absolute atomic E-state index is 5.83. The summed E-state index contributed by atoms with van der Waals surface area (Å²) in [6.45, 7) is 2.40. The molecule has 0 saturated heterocycles. The smallest absolute Gasteiger partial charge is 0.207 e. The number of hydroxylamine groups is 2. The van der Waals surface area contributed by atoms with Crippen LogP contribution in [0.1, 0.15) is 23.1 Å². The van der Waals surface area contributed by atoms with Crippen molar-refractivity contribution in [1.82, 2.24) is 5.06 Å². The Labute approximate surface area is 135 Å². The number of ether oxygens (including phenoxy) is 2. The Bertz CT molecular complexity index is 723. The van der Waals surface area contributed by atoms with E-state index < -0.39 is 0 Å². The largest absolute Gasteiger partial charge is 0.497 e. The summed E-state index contributed by atoms with van der Waals surface area (Å²) in [7, 11) is 3.25. The van der Waals surface area contributed by atoms with Gasteiger partial charge in [-0.05, 0) is 25.1 Å². The van der Waals surface area contributed by atoms with Crippen LogP contribution in [-0.2, 0) is 11.4 Å². The van der Waals surface area contributed by atoms with E-state index in [-0.39, 0.29) is 6.04 Å². The lowest BCUT2D eigenvalue weighted by molar-refractivity contribution is -0.131. The molecule has 1 unspecified atom stereocenters. The van der Waals surface area contributed by atoms with Crippen molar-refractivity contribution in [2.75, 3.05) is 14.2 Å². The number of aryl methyl sites for hydroxylation is 1. The molecule has 0 radical (unpaired) electrons. The fourth-order valence-electron chi connectivity index (χ4n) is 2.58. The highest BCUT2D eigenvalue weighted by atomic mass is 16.7. The van der Waals surface area contributed by atoms with E-state index in [0.29, 0.717) is 12.4 Å². The second-order valence-corrected chi connectivity index (χ2v) is 5.31. The van der Waals surface area contributed by atoms with Crippen molar-refractivity contribution in [3.05, 3.63) is 59.4 Å². The van der Waals surface area contributed by atoms with Crippen LogP contribution < -0.4 is 15.2 Å². The third kappa shape index (κ3) is 3.12. The summed E-state index contributed by atoms with van der Waals surface area (Å²) in [6, 6.07) is 9.35. The molecular weight excluding hydrogens is 296 g/mol. The monoisotopic (exact) mass is 316 g/mol. The van der Waals surface area contributed by atoms with Crippen molar-refractivity contribution in [1.29, 1.82) is 0 Å². The highest BCUT2D eigenvalue weighted by Crippen LogP contribution is 2.34. The first-order valence-corrected chi connectivity index (χ1v) is 7.30. The first-order chi connectivity index (χ1) is 11.1. The molecule has 1 atom stereocenters. The zero-order valence-corrected chi connectivity index (χ0v) is 13.4. The molecular formula is C17H20N2O4. The van der Waals surface area contributed by atoms with Gasteiger partial charge >= 0.3 is 0 Å². The Kier molecular flexibility index (Phi) is 4.16. The van der Waals surface area contributed by atoms with Crippen LogP contribution in [0.2, 0.25) is 0 Å². The molecule has 3 rings (SSSR count). The average molecular weight is 316 g/mol. The van der Waals surface area contributed by atoms with Gasteiger partial charge in [0, 0.05) is 17.7 Å². The van der Waals surface area contributed by atoms with Crippen LogP contribution in [0.25, 0.3) is 0 Å². The predicted molar refractivity (Wildman–Crippen MR) is 84.6 cm³/mol. The van der Waals surface area contributed by atoms with E-state index in [4.69, 9.17) is 24.5 Å². The molecule has 6 heteroatoms. The third-order valence-corrected chi connectivity index (χ3v) is 3.73. The maximum Gasteiger partial charge on any atom is 0.207 e. The fourth-order valence-corrected chi connectivity index (χ4v) is 2.58. The van der Waals surface area contributed by atoms with E-state index in [2.05, 4.69) is 0 Å². The summed E-state index contributed by atoms with van der Waals surface area (Å²) in [5.41, 5.74) is 6.80. The molecule has 2 aromatic rings. The van der Waals surface area contributed by atoms with Crippen molar-refractivity contribution >= 4 is 0 Å². The minimum Gasteiger partial charge on any atom is -0.497 e. The molecule has 0 spiro atoms. The number of hydrogen-bond acceptors (Lipinski definition) is 6. The number of nitrogens with zero attached hydrogens (tertiary/aromatic N) is 1. The van der Waals surface area contributed by atoms with Crippen LogP contribution in [0.3, 0.4) is 0 Å². The van der Waals surface area contributed by atoms with E-state index in [1.54, 1.807) is 19.3 Å². The van der Waals surface area contributed by atoms with Gasteiger partial charge in [-0.25, -0.2) is 0 Å². The van der Waals surface area contributed by atoms with Crippen molar-refractivity contribution in [3.8, 4) is 11.5 Å². The Balaban J connectivity index is 1.84. The zero-order valence-electron chi connectivity index (χ0n) is 13.4. The summed E-state index contributed by atoms with van der Waals surface area (Å²) in [5, 5.41) is 1.76. The number of hydrogen-bond donors (Lipinski definition) is 1. The molecule has 23 heavy (non-hydrogen) atoms. The molecule has 2 heterocycles. The SMILES string of the molecule is COc1ccc(CN2OC(N)=CC2c2ccc(C)o2)c(OC)c1. The topological polar surface area (TPSA) is 70.1 Å². The summed E-state index contributed by atoms with van der Waals surface area (Å²) in [5.74, 6) is 3.46. The van der Waals surface area contributed by atoms with Crippen LogP contribution in [0.5, 0.6) is 11.5 Å². The number of methoxy groups -OCH3 is 2. The standard InChI is InChI=1S/C17H20N2O4/c1-11-4-7-15(22-11)14-9-17(18)23-19(14)10-12-5-6-13(20-2)8-16(12)21-3/h4-9,14H,10,18H2,1-3H3. The maximum atomic E-state index is 5.83. The van der Waals surface area contributed by atoms with Crippen LogP contribution in [0.4, 0.5) is 0 Å². The molecule has 0 bridgehead atoms. The van der Waals surface area contributed by atoms with Gasteiger partial charge in [-0.2, -0.15) is 0 Å². The number of furan rings is 1. The lowest BCUT2D eigenvalue weighted by Gasteiger charge is -2.22. The summed E-state index contributed by atoms with van der Waals surface area (Å²) in [4.78, 5) is 5.62. The van der Waals surface area contributed by atoms with Gasteiger partial charge in [0.15, 0.2) is 0 Å². The Hall–Kier alpha value is -2.60. The normalized spacial score (nSPS) is 17.7. The van der Waals surface area contributed by atoms with Gasteiger partial charge in [-0.3, -0.25) is 0 Å². The number of benzene rings is 1. The molecule has 6 nitrogen and oxygen atoms in total. The molecule has 0 saturated carbocycles. The van der Waals surface area contributed by atoms with Crippen molar-refractivity contribution in [3.63, 3.8) is 0 Å². The average Bonchev–Trinajstić information content (AvgIpc) is 3.13. The molecule has 1 aliphatic heterocycles. The van der Waals surface area contributed by atoms with E-state index in [9.17, 15) is 0 Å². The lowest BCUT2D eigenvalue weighted by Crippen LogP contribution is -2.23. The van der Waals surface area contributed by atoms with Crippen molar-refractivity contribution in [2.24, 2.45) is 5.73 Å². The van der Waals surface area contributed by atoms with Crippen LogP contribution in [0, 0.1) is 6.92 Å². The molecule has 0 fully saturated rings. The van der Waals surface area contributed by atoms with Gasteiger partial charge in [0.2, 0.25) is 5.88 Å². The minimum absolute atomic E-state index is 0.171. The van der Waals surface area contributed by atoms with Crippen molar-refractivity contribution < 1.29 is 18.7 Å². The second kappa shape index (κ2) is 6.26. The molecule has 0 aliphatic carbocycles. The molecule has 1 aromatic heterocycles.